The van der Waals surface area contributed by atoms with E-state index >= 15 is 0 Å². The molecule has 2 amide bonds. The van der Waals surface area contributed by atoms with E-state index < -0.39 is 11.9 Å². The van der Waals surface area contributed by atoms with Crippen molar-refractivity contribution in [3.8, 4) is 0 Å². The van der Waals surface area contributed by atoms with Crippen molar-refractivity contribution in [1.29, 1.82) is 0 Å². The van der Waals surface area contributed by atoms with Crippen LogP contribution in [0.4, 0.5) is 4.79 Å². The molecule has 7 nitrogen and oxygen atoms in total. The zero-order valence-electron chi connectivity index (χ0n) is 10.9. The Morgan fingerprint density at radius 2 is 2.16 bits per heavy atom. The lowest BCUT2D eigenvalue weighted by Crippen LogP contribution is -2.40. The minimum atomic E-state index is -0.934. The molecular formula is C12H18N2O5. The lowest BCUT2D eigenvalue weighted by Gasteiger charge is -2.24. The number of hydrogen-bond acceptors (Lipinski definition) is 4. The number of rotatable bonds is 3. The molecule has 0 bridgehead atoms. The number of amides is 2. The summed E-state index contributed by atoms with van der Waals surface area (Å²) < 4.78 is 4.91. The maximum Gasteiger partial charge on any atom is 0.409 e. The van der Waals surface area contributed by atoms with Crippen molar-refractivity contribution in [1.82, 2.24) is 9.80 Å². The number of nitrogens with zero attached hydrogens (tertiary/aromatic N) is 2. The second kappa shape index (κ2) is 5.46. The molecule has 1 N–H and O–H groups in total. The molecule has 2 unspecified atom stereocenters. The van der Waals surface area contributed by atoms with Crippen LogP contribution < -0.4 is 0 Å². The van der Waals surface area contributed by atoms with Gasteiger partial charge in [-0.1, -0.05) is 0 Å². The first-order valence-electron chi connectivity index (χ1n) is 6.47. The summed E-state index contributed by atoms with van der Waals surface area (Å²) in [6.45, 7) is 3.29. The van der Waals surface area contributed by atoms with Crippen LogP contribution in [0.3, 0.4) is 0 Å². The molecule has 2 atom stereocenters. The zero-order valence-corrected chi connectivity index (χ0v) is 10.9. The number of carboxylic acids is 1. The van der Waals surface area contributed by atoms with Gasteiger partial charge in [0, 0.05) is 26.1 Å². The van der Waals surface area contributed by atoms with Gasteiger partial charge in [-0.05, 0) is 13.3 Å². The summed E-state index contributed by atoms with van der Waals surface area (Å²) in [7, 11) is 0. The molecule has 2 rings (SSSR count). The largest absolute Gasteiger partial charge is 0.481 e. The highest BCUT2D eigenvalue weighted by atomic mass is 16.6. The molecule has 0 aliphatic carbocycles. The monoisotopic (exact) mass is 270 g/mol. The zero-order chi connectivity index (χ0) is 14.0. The van der Waals surface area contributed by atoms with Gasteiger partial charge in [-0.25, -0.2) is 4.79 Å². The number of aliphatic carboxylic acids is 1. The third-order valence-electron chi connectivity index (χ3n) is 3.64. The van der Waals surface area contributed by atoms with Gasteiger partial charge in [0.05, 0.1) is 18.6 Å². The Balaban J connectivity index is 1.92. The number of likely N-dealkylation sites (tertiary alicyclic amines) is 2. The first-order chi connectivity index (χ1) is 9.02. The molecule has 2 aliphatic rings. The van der Waals surface area contributed by atoms with Gasteiger partial charge < -0.3 is 19.6 Å². The first-order valence-corrected chi connectivity index (χ1v) is 6.47. The summed E-state index contributed by atoms with van der Waals surface area (Å²) in [5.74, 6) is -1.69. The third-order valence-corrected chi connectivity index (χ3v) is 3.64. The quantitative estimate of drug-likeness (QED) is 0.788. The molecular weight excluding hydrogens is 252 g/mol. The number of ether oxygens (including phenoxy) is 1. The van der Waals surface area contributed by atoms with Gasteiger partial charge in [0.15, 0.2) is 0 Å². The lowest BCUT2D eigenvalue weighted by molar-refractivity contribution is -0.141. The number of carbonyl (C=O) groups is 3. The Morgan fingerprint density at radius 3 is 2.74 bits per heavy atom. The molecule has 0 spiro atoms. The van der Waals surface area contributed by atoms with E-state index in [1.807, 2.05) is 0 Å². The summed E-state index contributed by atoms with van der Waals surface area (Å²) in [6.07, 6.45) is 0.369. The molecule has 2 saturated heterocycles. The Bertz CT molecular complexity index is 398. The maximum absolute atomic E-state index is 11.8. The van der Waals surface area contributed by atoms with E-state index in [0.717, 1.165) is 0 Å². The second-order valence-electron chi connectivity index (χ2n) is 4.87. The van der Waals surface area contributed by atoms with E-state index in [1.54, 1.807) is 16.7 Å². The number of carboxylic acid groups (broad SMARTS) is 1. The molecule has 106 valence electrons. The fourth-order valence-electron chi connectivity index (χ4n) is 2.63. The highest BCUT2D eigenvalue weighted by molar-refractivity contribution is 5.86. The Kier molecular flexibility index (Phi) is 3.92. The van der Waals surface area contributed by atoms with E-state index in [4.69, 9.17) is 9.84 Å². The van der Waals surface area contributed by atoms with Crippen LogP contribution in [0.1, 0.15) is 19.8 Å². The standard InChI is InChI=1S/C12H18N2O5/c1-2-19-12(18)13-4-3-9(7-13)14-6-8(11(16)17)5-10(14)15/h8-9H,2-7H2,1H3,(H,16,17). The van der Waals surface area contributed by atoms with Crippen molar-refractivity contribution in [2.45, 2.75) is 25.8 Å². The lowest BCUT2D eigenvalue weighted by atomic mass is 10.1. The molecule has 2 aliphatic heterocycles. The van der Waals surface area contributed by atoms with Gasteiger partial charge in [0.2, 0.25) is 5.91 Å². The van der Waals surface area contributed by atoms with Crippen LogP contribution in [0.25, 0.3) is 0 Å². The van der Waals surface area contributed by atoms with Crippen molar-refractivity contribution in [3.63, 3.8) is 0 Å². The molecule has 0 radical (unpaired) electrons. The Morgan fingerprint density at radius 1 is 1.42 bits per heavy atom. The molecule has 0 aromatic rings. The Labute approximate surface area is 111 Å². The number of hydrogen-bond donors (Lipinski definition) is 1. The molecule has 0 saturated carbocycles. The van der Waals surface area contributed by atoms with Gasteiger partial charge >= 0.3 is 12.1 Å². The van der Waals surface area contributed by atoms with E-state index in [0.29, 0.717) is 26.1 Å². The van der Waals surface area contributed by atoms with E-state index in [1.165, 1.54) is 0 Å². The van der Waals surface area contributed by atoms with Crippen molar-refractivity contribution in [2.75, 3.05) is 26.2 Å². The van der Waals surface area contributed by atoms with Gasteiger partial charge in [-0.15, -0.1) is 0 Å². The van der Waals surface area contributed by atoms with Crippen molar-refractivity contribution >= 4 is 18.0 Å². The molecule has 2 heterocycles. The van der Waals surface area contributed by atoms with Crippen molar-refractivity contribution in [3.05, 3.63) is 0 Å². The van der Waals surface area contributed by atoms with E-state index in [-0.39, 0.29) is 31.0 Å². The molecule has 0 aromatic heterocycles. The smallest absolute Gasteiger partial charge is 0.409 e. The van der Waals surface area contributed by atoms with Crippen LogP contribution in [0.15, 0.2) is 0 Å². The van der Waals surface area contributed by atoms with Gasteiger partial charge in [-0.3, -0.25) is 9.59 Å². The number of carbonyl (C=O) groups excluding carboxylic acids is 2. The van der Waals surface area contributed by atoms with Crippen molar-refractivity contribution in [2.24, 2.45) is 5.92 Å². The summed E-state index contributed by atoms with van der Waals surface area (Å²) in [5.41, 5.74) is 0. The topological polar surface area (TPSA) is 87.2 Å². The summed E-state index contributed by atoms with van der Waals surface area (Å²) >= 11 is 0. The van der Waals surface area contributed by atoms with E-state index in [9.17, 15) is 14.4 Å². The maximum atomic E-state index is 11.8. The van der Waals surface area contributed by atoms with Crippen LogP contribution in [-0.2, 0) is 14.3 Å². The van der Waals surface area contributed by atoms with Crippen molar-refractivity contribution < 1.29 is 24.2 Å². The second-order valence-corrected chi connectivity index (χ2v) is 4.87. The fourth-order valence-corrected chi connectivity index (χ4v) is 2.63. The van der Waals surface area contributed by atoms with E-state index in [2.05, 4.69) is 0 Å². The summed E-state index contributed by atoms with van der Waals surface area (Å²) in [4.78, 5) is 37.4. The minimum Gasteiger partial charge on any atom is -0.481 e. The predicted molar refractivity (Wildman–Crippen MR) is 64.5 cm³/mol. The van der Waals surface area contributed by atoms with Gasteiger partial charge in [0.25, 0.3) is 0 Å². The molecule has 7 heteroatoms. The van der Waals surface area contributed by atoms with Crippen LogP contribution in [0.5, 0.6) is 0 Å². The molecule has 19 heavy (non-hydrogen) atoms. The summed E-state index contributed by atoms with van der Waals surface area (Å²) in [5, 5.41) is 8.94. The minimum absolute atomic E-state index is 0.0608. The first kappa shape index (κ1) is 13.6. The summed E-state index contributed by atoms with van der Waals surface area (Å²) in [6, 6.07) is -0.0822. The average molecular weight is 270 g/mol. The van der Waals surface area contributed by atoms with Crippen LogP contribution in [0.2, 0.25) is 0 Å². The van der Waals surface area contributed by atoms with Crippen LogP contribution in [-0.4, -0.2) is 65.2 Å². The van der Waals surface area contributed by atoms with Gasteiger partial charge in [-0.2, -0.15) is 0 Å². The average Bonchev–Trinajstić information content (AvgIpc) is 2.95. The van der Waals surface area contributed by atoms with Gasteiger partial charge in [0.1, 0.15) is 0 Å². The fraction of sp³-hybridized carbons (Fsp3) is 0.750. The Hall–Kier alpha value is -1.79. The molecule has 2 fully saturated rings. The predicted octanol–water partition coefficient (Wildman–Crippen LogP) is 0.150. The highest BCUT2D eigenvalue weighted by Crippen LogP contribution is 2.25. The van der Waals surface area contributed by atoms with Crippen LogP contribution >= 0.6 is 0 Å². The molecule has 0 aromatic carbocycles. The third kappa shape index (κ3) is 2.80. The van der Waals surface area contributed by atoms with Crippen LogP contribution in [0, 0.1) is 5.92 Å². The highest BCUT2D eigenvalue weighted by Gasteiger charge is 2.41. The SMILES string of the molecule is CCOC(=O)N1CCC(N2CC(C(=O)O)CC2=O)C1. The normalized spacial score (nSPS) is 26.9.